The smallest absolute Gasteiger partial charge is 0.263 e. The lowest BCUT2D eigenvalue weighted by Crippen LogP contribution is -2.14. The van der Waals surface area contributed by atoms with E-state index in [1.165, 1.54) is 0 Å². The number of nitrogens with zero attached hydrogens (tertiary/aromatic N) is 1. The number of nitrogens with one attached hydrogen (secondary N) is 1. The first-order valence-corrected chi connectivity index (χ1v) is 9.46. The van der Waals surface area contributed by atoms with Crippen molar-refractivity contribution in [3.63, 3.8) is 0 Å². The Balaban J connectivity index is 2.01. The van der Waals surface area contributed by atoms with Gasteiger partial charge in [-0.2, -0.15) is 0 Å². The molecular weight excluding hydrogens is 320 g/mol. The Labute approximate surface area is 142 Å². The molecule has 0 amide bonds. The Morgan fingerprint density at radius 2 is 1.75 bits per heavy atom. The van der Waals surface area contributed by atoms with Crippen LogP contribution < -0.4 is 4.72 Å². The third-order valence-corrected chi connectivity index (χ3v) is 5.26. The minimum Gasteiger partial charge on any atom is -0.263 e. The van der Waals surface area contributed by atoms with Gasteiger partial charge in [-0.15, -0.1) is 0 Å². The van der Waals surface area contributed by atoms with Gasteiger partial charge in [0.05, 0.1) is 10.4 Å². The fraction of sp³-hybridized carbons (Fsp3) is 0.211. The molecule has 3 rings (SSSR count). The first-order valence-electron chi connectivity index (χ1n) is 7.98. The molecule has 2 aromatic carbocycles. The second-order valence-corrected chi connectivity index (χ2v) is 7.53. The molecule has 1 aromatic heterocycles. The van der Waals surface area contributed by atoms with Crippen LogP contribution in [0.1, 0.15) is 24.5 Å². The Kier molecular flexibility index (Phi) is 4.53. The maximum atomic E-state index is 12.6. The van der Waals surface area contributed by atoms with E-state index in [2.05, 4.69) is 16.6 Å². The largest absolute Gasteiger partial charge is 0.263 e. The van der Waals surface area contributed by atoms with Crippen molar-refractivity contribution in [2.24, 2.45) is 0 Å². The molecule has 1 heterocycles. The zero-order chi connectivity index (χ0) is 17.2. The van der Waals surface area contributed by atoms with Gasteiger partial charge in [-0.05, 0) is 43.2 Å². The van der Waals surface area contributed by atoms with Crippen LogP contribution in [0.4, 0.5) is 5.82 Å². The molecule has 0 atom stereocenters. The highest BCUT2D eigenvalue weighted by molar-refractivity contribution is 7.92. The SMILES string of the molecule is CCCc1cc(NS(=O)(=O)c2ccc(C)cc2)nc2ccccc12. The molecular formula is C19H20N2O2S. The molecule has 1 N–H and O–H groups in total. The van der Waals surface area contributed by atoms with E-state index in [0.717, 1.165) is 34.9 Å². The van der Waals surface area contributed by atoms with Crippen LogP contribution in [0.5, 0.6) is 0 Å². The van der Waals surface area contributed by atoms with Crippen LogP contribution in [-0.2, 0) is 16.4 Å². The number of fused-ring (bicyclic) bond motifs is 1. The fourth-order valence-corrected chi connectivity index (χ4v) is 3.68. The number of rotatable bonds is 5. The van der Waals surface area contributed by atoms with Crippen molar-refractivity contribution in [1.82, 2.24) is 4.98 Å². The number of para-hydroxylation sites is 1. The van der Waals surface area contributed by atoms with Crippen molar-refractivity contribution in [2.45, 2.75) is 31.6 Å². The Morgan fingerprint density at radius 3 is 2.46 bits per heavy atom. The third-order valence-electron chi connectivity index (χ3n) is 3.89. The van der Waals surface area contributed by atoms with E-state index < -0.39 is 10.0 Å². The number of pyridine rings is 1. The number of benzene rings is 2. The maximum Gasteiger partial charge on any atom is 0.263 e. The van der Waals surface area contributed by atoms with Crippen LogP contribution in [0.3, 0.4) is 0 Å². The Hall–Kier alpha value is -2.40. The van der Waals surface area contributed by atoms with Crippen LogP contribution in [-0.4, -0.2) is 13.4 Å². The summed E-state index contributed by atoms with van der Waals surface area (Å²) in [4.78, 5) is 4.69. The van der Waals surface area contributed by atoms with E-state index in [1.807, 2.05) is 37.3 Å². The highest BCUT2D eigenvalue weighted by Crippen LogP contribution is 2.24. The summed E-state index contributed by atoms with van der Waals surface area (Å²) in [6.07, 6.45) is 1.86. The highest BCUT2D eigenvalue weighted by atomic mass is 32.2. The summed E-state index contributed by atoms with van der Waals surface area (Å²) in [5.74, 6) is 0.359. The zero-order valence-electron chi connectivity index (χ0n) is 13.8. The Morgan fingerprint density at radius 1 is 1.04 bits per heavy atom. The highest BCUT2D eigenvalue weighted by Gasteiger charge is 2.15. The predicted octanol–water partition coefficient (Wildman–Crippen LogP) is 4.30. The van der Waals surface area contributed by atoms with Crippen molar-refractivity contribution >= 4 is 26.7 Å². The molecule has 0 aliphatic carbocycles. The van der Waals surface area contributed by atoms with E-state index >= 15 is 0 Å². The van der Waals surface area contributed by atoms with E-state index in [-0.39, 0.29) is 4.90 Å². The minimum absolute atomic E-state index is 0.236. The van der Waals surface area contributed by atoms with E-state index in [9.17, 15) is 8.42 Å². The van der Waals surface area contributed by atoms with E-state index in [4.69, 9.17) is 0 Å². The van der Waals surface area contributed by atoms with Crippen LogP contribution >= 0.6 is 0 Å². The van der Waals surface area contributed by atoms with Crippen LogP contribution in [0.25, 0.3) is 10.9 Å². The lowest BCUT2D eigenvalue weighted by Gasteiger charge is -2.11. The molecule has 0 unspecified atom stereocenters. The summed E-state index contributed by atoms with van der Waals surface area (Å²) in [6, 6.07) is 16.4. The molecule has 0 bridgehead atoms. The summed E-state index contributed by atoms with van der Waals surface area (Å²) in [6.45, 7) is 4.02. The second-order valence-electron chi connectivity index (χ2n) is 5.85. The molecule has 3 aromatic rings. The summed E-state index contributed by atoms with van der Waals surface area (Å²) in [5.41, 5.74) is 2.91. The quantitative estimate of drug-likeness (QED) is 0.753. The van der Waals surface area contributed by atoms with Crippen molar-refractivity contribution in [1.29, 1.82) is 0 Å². The number of hydrogen-bond acceptors (Lipinski definition) is 3. The van der Waals surface area contributed by atoms with Gasteiger partial charge in [0.25, 0.3) is 10.0 Å². The molecule has 5 heteroatoms. The molecule has 0 saturated heterocycles. The van der Waals surface area contributed by atoms with Gasteiger partial charge in [0.1, 0.15) is 5.82 Å². The average molecular weight is 340 g/mol. The molecule has 0 aliphatic heterocycles. The lowest BCUT2D eigenvalue weighted by atomic mass is 10.0. The van der Waals surface area contributed by atoms with Gasteiger partial charge in [0.2, 0.25) is 0 Å². The standard InChI is InChI=1S/C19H20N2O2S/c1-3-6-15-13-19(20-18-8-5-4-7-17(15)18)21-24(22,23)16-11-9-14(2)10-12-16/h4-5,7-13H,3,6H2,1-2H3,(H,20,21). The molecule has 4 nitrogen and oxygen atoms in total. The van der Waals surface area contributed by atoms with E-state index in [1.54, 1.807) is 24.3 Å². The van der Waals surface area contributed by atoms with Crippen LogP contribution in [0.15, 0.2) is 59.5 Å². The average Bonchev–Trinajstić information content (AvgIpc) is 2.55. The number of sulfonamides is 1. The zero-order valence-corrected chi connectivity index (χ0v) is 14.6. The molecule has 0 radical (unpaired) electrons. The summed E-state index contributed by atoms with van der Waals surface area (Å²) < 4.78 is 27.7. The molecule has 0 saturated carbocycles. The van der Waals surface area contributed by atoms with Crippen LogP contribution in [0, 0.1) is 6.92 Å². The summed E-state index contributed by atoms with van der Waals surface area (Å²) in [5, 5.41) is 1.07. The monoisotopic (exact) mass is 340 g/mol. The molecule has 124 valence electrons. The first-order chi connectivity index (χ1) is 11.5. The first kappa shape index (κ1) is 16.5. The van der Waals surface area contributed by atoms with Gasteiger partial charge in [-0.1, -0.05) is 49.2 Å². The molecule has 0 fully saturated rings. The van der Waals surface area contributed by atoms with Crippen molar-refractivity contribution in [2.75, 3.05) is 4.72 Å². The lowest BCUT2D eigenvalue weighted by molar-refractivity contribution is 0.601. The van der Waals surface area contributed by atoms with Gasteiger partial charge in [0, 0.05) is 5.39 Å². The van der Waals surface area contributed by atoms with Gasteiger partial charge >= 0.3 is 0 Å². The molecule has 24 heavy (non-hydrogen) atoms. The number of hydrogen-bond donors (Lipinski definition) is 1. The number of anilines is 1. The van der Waals surface area contributed by atoms with Crippen molar-refractivity contribution < 1.29 is 8.42 Å². The Bertz CT molecular complexity index is 964. The summed E-state index contributed by atoms with van der Waals surface area (Å²) in [7, 11) is -3.64. The van der Waals surface area contributed by atoms with Gasteiger partial charge in [-0.25, -0.2) is 13.4 Å². The molecule has 0 aliphatic rings. The van der Waals surface area contributed by atoms with Crippen molar-refractivity contribution in [3.8, 4) is 0 Å². The number of aryl methyl sites for hydroxylation is 2. The van der Waals surface area contributed by atoms with Gasteiger partial charge < -0.3 is 0 Å². The minimum atomic E-state index is -3.64. The second kappa shape index (κ2) is 6.61. The summed E-state index contributed by atoms with van der Waals surface area (Å²) >= 11 is 0. The predicted molar refractivity (Wildman–Crippen MR) is 97.7 cm³/mol. The van der Waals surface area contributed by atoms with Gasteiger partial charge in [-0.3, -0.25) is 4.72 Å². The maximum absolute atomic E-state index is 12.6. The topological polar surface area (TPSA) is 59.1 Å². The van der Waals surface area contributed by atoms with Crippen LogP contribution in [0.2, 0.25) is 0 Å². The van der Waals surface area contributed by atoms with E-state index in [0.29, 0.717) is 5.82 Å². The van der Waals surface area contributed by atoms with Crippen molar-refractivity contribution in [3.05, 3.63) is 65.7 Å². The van der Waals surface area contributed by atoms with Gasteiger partial charge in [0.15, 0.2) is 0 Å². The number of aromatic nitrogens is 1. The fourth-order valence-electron chi connectivity index (χ4n) is 2.69. The normalized spacial score (nSPS) is 11.6. The molecule has 0 spiro atoms. The third kappa shape index (κ3) is 3.41.